The van der Waals surface area contributed by atoms with Crippen LogP contribution < -0.4 is 4.90 Å². The first-order chi connectivity index (χ1) is 7.54. The van der Waals surface area contributed by atoms with Gasteiger partial charge in [-0.2, -0.15) is 5.26 Å². The highest BCUT2D eigenvalue weighted by Gasteiger charge is 2.07. The van der Waals surface area contributed by atoms with E-state index in [-0.39, 0.29) is 0 Å². The third-order valence-corrected chi connectivity index (χ3v) is 2.61. The zero-order chi connectivity index (χ0) is 12.1. The van der Waals surface area contributed by atoms with Crippen molar-refractivity contribution < 1.29 is 0 Å². The minimum Gasteiger partial charge on any atom is -0.372 e. The van der Waals surface area contributed by atoms with Gasteiger partial charge in [0.25, 0.3) is 0 Å². The summed E-state index contributed by atoms with van der Waals surface area (Å²) in [5, 5.41) is 9.62. The number of hydrogen-bond donors (Lipinski definition) is 0. The Balaban J connectivity index is 2.83. The van der Waals surface area contributed by atoms with Crippen molar-refractivity contribution in [3.63, 3.8) is 0 Å². The van der Waals surface area contributed by atoms with Crippen LogP contribution in [0.5, 0.6) is 0 Å². The summed E-state index contributed by atoms with van der Waals surface area (Å²) in [6, 6.07) is 7.56. The highest BCUT2D eigenvalue weighted by molar-refractivity contribution is 6.30. The predicted octanol–water partition coefficient (Wildman–Crippen LogP) is 2.21. The number of halogens is 1. The van der Waals surface area contributed by atoms with E-state index in [1.807, 2.05) is 33.3 Å². The highest BCUT2D eigenvalue weighted by Crippen LogP contribution is 2.22. The molecule has 16 heavy (non-hydrogen) atoms. The van der Waals surface area contributed by atoms with E-state index in [2.05, 4.69) is 15.9 Å². The standard InChI is InChI=1S/C12H16ClN3/c1-15(2)6-7-16(3)12-5-4-11(13)8-10(12)9-14/h4-5,8H,6-7H2,1-3H3. The third-order valence-electron chi connectivity index (χ3n) is 2.37. The minimum atomic E-state index is 0.598. The first-order valence-corrected chi connectivity index (χ1v) is 5.48. The van der Waals surface area contributed by atoms with Crippen LogP contribution in [0.4, 0.5) is 5.69 Å². The molecule has 0 spiro atoms. The summed E-state index contributed by atoms with van der Waals surface area (Å²) in [5.74, 6) is 0. The van der Waals surface area contributed by atoms with E-state index in [0.717, 1.165) is 18.8 Å². The van der Waals surface area contributed by atoms with Crippen LogP contribution in [0.25, 0.3) is 0 Å². The molecule has 0 aliphatic heterocycles. The molecule has 1 aromatic carbocycles. The summed E-state index contributed by atoms with van der Waals surface area (Å²) < 4.78 is 0. The number of nitrogens with zero attached hydrogens (tertiary/aromatic N) is 3. The molecule has 0 saturated carbocycles. The number of hydrogen-bond acceptors (Lipinski definition) is 3. The van der Waals surface area contributed by atoms with Crippen molar-refractivity contribution in [1.29, 1.82) is 5.26 Å². The lowest BCUT2D eigenvalue weighted by molar-refractivity contribution is 0.416. The Kier molecular flexibility index (Phi) is 4.60. The molecule has 0 heterocycles. The summed E-state index contributed by atoms with van der Waals surface area (Å²) in [7, 11) is 6.04. The minimum absolute atomic E-state index is 0.598. The maximum Gasteiger partial charge on any atom is 0.101 e. The van der Waals surface area contributed by atoms with Crippen LogP contribution in [-0.4, -0.2) is 39.1 Å². The van der Waals surface area contributed by atoms with Gasteiger partial charge < -0.3 is 9.80 Å². The van der Waals surface area contributed by atoms with Crippen LogP contribution in [0.1, 0.15) is 5.56 Å². The molecule has 4 heteroatoms. The van der Waals surface area contributed by atoms with Gasteiger partial charge in [-0.3, -0.25) is 0 Å². The van der Waals surface area contributed by atoms with Crippen LogP contribution in [0.2, 0.25) is 5.02 Å². The Morgan fingerprint density at radius 3 is 2.50 bits per heavy atom. The Bertz CT molecular complexity index is 396. The van der Waals surface area contributed by atoms with Crippen molar-refractivity contribution in [2.75, 3.05) is 39.1 Å². The lowest BCUT2D eigenvalue weighted by Crippen LogP contribution is -2.28. The SMILES string of the molecule is CN(C)CCN(C)c1ccc(Cl)cc1C#N. The molecule has 0 saturated heterocycles. The van der Waals surface area contributed by atoms with Gasteiger partial charge in [-0.15, -0.1) is 0 Å². The van der Waals surface area contributed by atoms with Gasteiger partial charge >= 0.3 is 0 Å². The van der Waals surface area contributed by atoms with Crippen LogP contribution in [0, 0.1) is 11.3 Å². The zero-order valence-electron chi connectivity index (χ0n) is 9.87. The Morgan fingerprint density at radius 1 is 1.25 bits per heavy atom. The Labute approximate surface area is 102 Å². The molecule has 0 aliphatic carbocycles. The summed E-state index contributed by atoms with van der Waals surface area (Å²) >= 11 is 5.85. The summed E-state index contributed by atoms with van der Waals surface area (Å²) in [4.78, 5) is 4.17. The first kappa shape index (κ1) is 12.8. The summed E-state index contributed by atoms with van der Waals surface area (Å²) in [6.45, 7) is 1.83. The van der Waals surface area contributed by atoms with E-state index in [9.17, 15) is 0 Å². The average molecular weight is 238 g/mol. The maximum atomic E-state index is 9.02. The van der Waals surface area contributed by atoms with E-state index in [0.29, 0.717) is 10.6 Å². The van der Waals surface area contributed by atoms with E-state index in [1.54, 1.807) is 6.07 Å². The number of nitriles is 1. The number of anilines is 1. The molecule has 0 N–H and O–H groups in total. The fourth-order valence-corrected chi connectivity index (χ4v) is 1.57. The van der Waals surface area contributed by atoms with Gasteiger partial charge in [0, 0.05) is 25.2 Å². The molecule has 0 unspecified atom stereocenters. The zero-order valence-corrected chi connectivity index (χ0v) is 10.6. The molecule has 0 aromatic heterocycles. The van der Waals surface area contributed by atoms with E-state index in [1.165, 1.54) is 0 Å². The molecule has 0 atom stereocenters. The van der Waals surface area contributed by atoms with Gasteiger partial charge in [-0.25, -0.2) is 0 Å². The number of likely N-dealkylation sites (N-methyl/N-ethyl adjacent to an activating group) is 2. The van der Waals surface area contributed by atoms with Crippen molar-refractivity contribution >= 4 is 17.3 Å². The van der Waals surface area contributed by atoms with Crippen LogP contribution in [0.3, 0.4) is 0 Å². The second-order valence-corrected chi connectivity index (χ2v) is 4.43. The van der Waals surface area contributed by atoms with Crippen LogP contribution >= 0.6 is 11.6 Å². The molecule has 3 nitrogen and oxygen atoms in total. The smallest absolute Gasteiger partial charge is 0.101 e. The molecule has 86 valence electrons. The van der Waals surface area contributed by atoms with Gasteiger partial charge in [0.2, 0.25) is 0 Å². The van der Waals surface area contributed by atoms with E-state index in [4.69, 9.17) is 16.9 Å². The Morgan fingerprint density at radius 2 is 1.94 bits per heavy atom. The second kappa shape index (κ2) is 5.74. The third kappa shape index (κ3) is 3.41. The highest BCUT2D eigenvalue weighted by atomic mass is 35.5. The summed E-state index contributed by atoms with van der Waals surface area (Å²) in [5.41, 5.74) is 1.54. The van der Waals surface area contributed by atoms with Crippen LogP contribution in [0.15, 0.2) is 18.2 Å². The summed E-state index contributed by atoms with van der Waals surface area (Å²) in [6.07, 6.45) is 0. The second-order valence-electron chi connectivity index (χ2n) is 4.00. The van der Waals surface area contributed by atoms with Crippen molar-refractivity contribution in [2.24, 2.45) is 0 Å². The van der Waals surface area contributed by atoms with E-state index >= 15 is 0 Å². The van der Waals surface area contributed by atoms with E-state index < -0.39 is 0 Å². The molecule has 0 fully saturated rings. The van der Waals surface area contributed by atoms with Gasteiger partial charge in [0.15, 0.2) is 0 Å². The molecule has 0 bridgehead atoms. The molecule has 1 rings (SSSR count). The topological polar surface area (TPSA) is 30.3 Å². The van der Waals surface area contributed by atoms with Gasteiger partial charge in [0.05, 0.1) is 11.3 Å². The normalized spacial score (nSPS) is 10.2. The quantitative estimate of drug-likeness (QED) is 0.805. The number of rotatable bonds is 4. The average Bonchev–Trinajstić information content (AvgIpc) is 2.25. The fraction of sp³-hybridized carbons (Fsp3) is 0.417. The predicted molar refractivity (Wildman–Crippen MR) is 68.0 cm³/mol. The molecule has 0 radical (unpaired) electrons. The van der Waals surface area contributed by atoms with Crippen LogP contribution in [-0.2, 0) is 0 Å². The fourth-order valence-electron chi connectivity index (χ4n) is 1.40. The Hall–Kier alpha value is -1.24. The molecule has 1 aromatic rings. The van der Waals surface area contributed by atoms with Gasteiger partial charge in [-0.1, -0.05) is 11.6 Å². The largest absolute Gasteiger partial charge is 0.372 e. The first-order valence-electron chi connectivity index (χ1n) is 5.10. The molecular formula is C12H16ClN3. The maximum absolute atomic E-state index is 9.02. The van der Waals surface area contributed by atoms with Crippen molar-refractivity contribution in [3.8, 4) is 6.07 Å². The molecule has 0 amide bonds. The lowest BCUT2D eigenvalue weighted by Gasteiger charge is -2.22. The van der Waals surface area contributed by atoms with Crippen molar-refractivity contribution in [3.05, 3.63) is 28.8 Å². The van der Waals surface area contributed by atoms with Crippen molar-refractivity contribution in [2.45, 2.75) is 0 Å². The monoisotopic (exact) mass is 237 g/mol. The lowest BCUT2D eigenvalue weighted by atomic mass is 10.2. The van der Waals surface area contributed by atoms with Gasteiger partial charge in [0.1, 0.15) is 6.07 Å². The van der Waals surface area contributed by atoms with Gasteiger partial charge in [-0.05, 0) is 32.3 Å². The molecule has 0 aliphatic rings. The number of benzene rings is 1. The van der Waals surface area contributed by atoms with Crippen molar-refractivity contribution in [1.82, 2.24) is 4.90 Å². The molecular weight excluding hydrogens is 222 g/mol.